The Morgan fingerprint density at radius 2 is 2.07 bits per heavy atom. The van der Waals surface area contributed by atoms with Gasteiger partial charge in [-0.05, 0) is 25.0 Å². The number of halogens is 1. The van der Waals surface area contributed by atoms with Crippen molar-refractivity contribution < 1.29 is 14.6 Å². The summed E-state index contributed by atoms with van der Waals surface area (Å²) in [5, 5.41) is 12.3. The summed E-state index contributed by atoms with van der Waals surface area (Å²) >= 11 is 8.06. The van der Waals surface area contributed by atoms with Crippen molar-refractivity contribution in [3.8, 4) is 5.75 Å². The largest absolute Gasteiger partial charge is 0.490 e. The first kappa shape index (κ1) is 19.1. The molecule has 2 saturated heterocycles. The van der Waals surface area contributed by atoms with Crippen LogP contribution in [-0.4, -0.2) is 46.8 Å². The number of anilines is 2. The third kappa shape index (κ3) is 3.98. The van der Waals surface area contributed by atoms with Gasteiger partial charge in [0, 0.05) is 43.9 Å². The van der Waals surface area contributed by atoms with E-state index in [9.17, 15) is 4.79 Å². The smallest absolute Gasteiger partial charge is 0.407 e. The normalized spacial score (nSPS) is 20.5. The van der Waals surface area contributed by atoms with E-state index in [1.165, 1.54) is 16.2 Å². The number of piperidine rings is 1. The first-order valence-corrected chi connectivity index (χ1v) is 10.7. The average molecular weight is 423 g/mol. The highest BCUT2D eigenvalue weighted by molar-refractivity contribution is 7.13. The minimum absolute atomic E-state index is 0.00929. The number of nitrogens with zero attached hydrogens (tertiary/aromatic N) is 3. The number of rotatable bonds is 4. The lowest BCUT2D eigenvalue weighted by molar-refractivity contribution is 0.0895. The van der Waals surface area contributed by atoms with Crippen LogP contribution in [0.5, 0.6) is 5.75 Å². The number of aromatic nitrogens is 1. The number of hydrogen-bond donors (Lipinski definition) is 2. The van der Waals surface area contributed by atoms with Gasteiger partial charge >= 0.3 is 6.09 Å². The Hall–Kier alpha value is -2.19. The van der Waals surface area contributed by atoms with E-state index >= 15 is 0 Å². The molecule has 28 heavy (non-hydrogen) atoms. The van der Waals surface area contributed by atoms with Crippen LogP contribution in [0.3, 0.4) is 0 Å². The Bertz CT molecular complexity index is 853. The number of hydrogen-bond acceptors (Lipinski definition) is 6. The molecular weight excluding hydrogens is 400 g/mol. The molecule has 1 amide bonds. The Morgan fingerprint density at radius 3 is 2.71 bits per heavy atom. The highest BCUT2D eigenvalue weighted by atomic mass is 35.5. The Balaban J connectivity index is 1.44. The number of ether oxygens (including phenoxy) is 1. The molecule has 0 radical (unpaired) electrons. The van der Waals surface area contributed by atoms with Crippen LogP contribution in [-0.2, 0) is 0 Å². The summed E-state index contributed by atoms with van der Waals surface area (Å²) in [6, 6.07) is 5.98. The first-order chi connectivity index (χ1) is 13.5. The van der Waals surface area contributed by atoms with Crippen molar-refractivity contribution in [2.45, 2.75) is 37.8 Å². The maximum Gasteiger partial charge on any atom is 0.407 e. The predicted molar refractivity (Wildman–Crippen MR) is 111 cm³/mol. The van der Waals surface area contributed by atoms with Crippen LogP contribution in [0, 0.1) is 0 Å². The molecule has 150 valence electrons. The molecule has 7 nitrogen and oxygen atoms in total. The van der Waals surface area contributed by atoms with Crippen molar-refractivity contribution in [3.05, 3.63) is 34.3 Å². The van der Waals surface area contributed by atoms with Gasteiger partial charge in [0.15, 0.2) is 5.13 Å². The standard InChI is InChI=1S/C19H23ClN4O3S/c20-14-10-13(27-12-5-8-23(9-6-12)19(25)26)3-4-16(14)24-7-1-2-17(24)15-11-28-18(21)22-15/h3-4,10-12,17H,1-2,5-9H2,(H2,21,22)(H,25,26). The molecule has 2 fully saturated rings. The monoisotopic (exact) mass is 422 g/mol. The summed E-state index contributed by atoms with van der Waals surface area (Å²) in [7, 11) is 0. The molecule has 9 heteroatoms. The molecule has 0 bridgehead atoms. The molecule has 1 atom stereocenters. The van der Waals surface area contributed by atoms with Gasteiger partial charge in [-0.15, -0.1) is 11.3 Å². The van der Waals surface area contributed by atoms with Crippen LogP contribution < -0.4 is 15.4 Å². The lowest BCUT2D eigenvalue weighted by Crippen LogP contribution is -2.41. The van der Waals surface area contributed by atoms with Crippen LogP contribution in [0.15, 0.2) is 23.6 Å². The molecule has 2 aliphatic heterocycles. The molecule has 0 spiro atoms. The second-order valence-electron chi connectivity index (χ2n) is 7.16. The predicted octanol–water partition coefficient (Wildman–Crippen LogP) is 4.24. The summed E-state index contributed by atoms with van der Waals surface area (Å²) in [5.41, 5.74) is 7.78. The lowest BCUT2D eigenvalue weighted by atomic mass is 10.1. The van der Waals surface area contributed by atoms with E-state index in [0.717, 1.165) is 36.5 Å². The Labute approximate surface area is 172 Å². The second kappa shape index (κ2) is 8.05. The van der Waals surface area contributed by atoms with Gasteiger partial charge < -0.3 is 25.4 Å². The van der Waals surface area contributed by atoms with E-state index < -0.39 is 6.09 Å². The molecule has 1 aromatic heterocycles. The van der Waals surface area contributed by atoms with Crippen LogP contribution in [0.4, 0.5) is 15.6 Å². The maximum atomic E-state index is 11.0. The summed E-state index contributed by atoms with van der Waals surface area (Å²) < 4.78 is 6.05. The fourth-order valence-corrected chi connectivity index (χ4v) is 4.86. The molecule has 2 aromatic rings. The van der Waals surface area contributed by atoms with Gasteiger partial charge in [-0.2, -0.15) is 0 Å². The Kier molecular flexibility index (Phi) is 5.50. The number of benzene rings is 1. The molecule has 1 unspecified atom stereocenters. The van der Waals surface area contributed by atoms with Crippen LogP contribution in [0.25, 0.3) is 0 Å². The van der Waals surface area contributed by atoms with Crippen molar-refractivity contribution in [1.82, 2.24) is 9.88 Å². The third-order valence-corrected chi connectivity index (χ3v) is 6.37. The first-order valence-electron chi connectivity index (χ1n) is 9.43. The fourth-order valence-electron chi connectivity index (χ4n) is 3.97. The van der Waals surface area contributed by atoms with Crippen molar-refractivity contribution in [1.29, 1.82) is 0 Å². The van der Waals surface area contributed by atoms with Gasteiger partial charge in [0.2, 0.25) is 0 Å². The van der Waals surface area contributed by atoms with E-state index in [0.29, 0.717) is 36.1 Å². The number of thiazole rings is 1. The molecule has 3 N–H and O–H groups in total. The summed E-state index contributed by atoms with van der Waals surface area (Å²) in [6.07, 6.45) is 2.62. The van der Waals surface area contributed by atoms with Crippen LogP contribution in [0.2, 0.25) is 5.02 Å². The van der Waals surface area contributed by atoms with Crippen molar-refractivity contribution in [3.63, 3.8) is 0 Å². The fraction of sp³-hybridized carbons (Fsp3) is 0.474. The summed E-state index contributed by atoms with van der Waals surface area (Å²) in [5.74, 6) is 0.719. The number of amides is 1. The SMILES string of the molecule is Nc1nc(C2CCCN2c2ccc(OC3CCN(C(=O)O)CC3)cc2Cl)cs1. The maximum absolute atomic E-state index is 11.0. The number of nitrogens with two attached hydrogens (primary N) is 1. The van der Waals surface area contributed by atoms with E-state index in [-0.39, 0.29) is 12.1 Å². The number of carboxylic acid groups (broad SMARTS) is 1. The van der Waals surface area contributed by atoms with Crippen molar-refractivity contribution >= 4 is 39.8 Å². The second-order valence-corrected chi connectivity index (χ2v) is 8.46. The van der Waals surface area contributed by atoms with E-state index in [1.54, 1.807) is 0 Å². The lowest BCUT2D eigenvalue weighted by Gasteiger charge is -2.31. The highest BCUT2D eigenvalue weighted by Gasteiger charge is 2.30. The summed E-state index contributed by atoms with van der Waals surface area (Å²) in [6.45, 7) is 1.92. The van der Waals surface area contributed by atoms with Crippen LogP contribution in [0.1, 0.15) is 37.4 Å². The molecule has 1 aromatic carbocycles. The molecule has 4 rings (SSSR count). The zero-order chi connectivity index (χ0) is 19.7. The van der Waals surface area contributed by atoms with Gasteiger partial charge in [0.05, 0.1) is 22.4 Å². The zero-order valence-corrected chi connectivity index (χ0v) is 17.0. The van der Waals surface area contributed by atoms with Gasteiger partial charge in [-0.3, -0.25) is 0 Å². The van der Waals surface area contributed by atoms with Gasteiger partial charge in [-0.25, -0.2) is 9.78 Å². The Morgan fingerprint density at radius 1 is 1.29 bits per heavy atom. The quantitative estimate of drug-likeness (QED) is 0.765. The minimum Gasteiger partial charge on any atom is -0.490 e. The van der Waals surface area contributed by atoms with Crippen LogP contribution >= 0.6 is 22.9 Å². The van der Waals surface area contributed by atoms with E-state index in [4.69, 9.17) is 27.2 Å². The van der Waals surface area contributed by atoms with Crippen molar-refractivity contribution in [2.24, 2.45) is 0 Å². The molecule has 2 aliphatic rings. The molecule has 0 aliphatic carbocycles. The zero-order valence-electron chi connectivity index (χ0n) is 15.4. The topological polar surface area (TPSA) is 91.9 Å². The molecule has 0 saturated carbocycles. The van der Waals surface area contributed by atoms with E-state index in [2.05, 4.69) is 9.88 Å². The van der Waals surface area contributed by atoms with Gasteiger partial charge in [-0.1, -0.05) is 11.6 Å². The third-order valence-electron chi connectivity index (χ3n) is 5.38. The average Bonchev–Trinajstić information content (AvgIpc) is 3.31. The summed E-state index contributed by atoms with van der Waals surface area (Å²) in [4.78, 5) is 19.2. The number of likely N-dealkylation sites (tertiary alicyclic amines) is 1. The van der Waals surface area contributed by atoms with Crippen molar-refractivity contribution in [2.75, 3.05) is 30.3 Å². The van der Waals surface area contributed by atoms with Gasteiger partial charge in [0.25, 0.3) is 0 Å². The highest BCUT2D eigenvalue weighted by Crippen LogP contribution is 2.41. The van der Waals surface area contributed by atoms with Gasteiger partial charge in [0.1, 0.15) is 11.9 Å². The minimum atomic E-state index is -0.868. The number of nitrogen functional groups attached to an aromatic ring is 1. The molecule has 3 heterocycles. The number of carbonyl (C=O) groups is 1. The van der Waals surface area contributed by atoms with E-state index in [1.807, 2.05) is 23.6 Å². The molecular formula is C19H23ClN4O3S.